The molecule has 0 saturated carbocycles. The van der Waals surface area contributed by atoms with Gasteiger partial charge in [0, 0.05) is 6.07 Å². The number of tetrazole rings is 1. The Morgan fingerprint density at radius 3 is 3.44 bits per heavy atom. The minimum Gasteiger partial charge on any atom is -0.155 e. The van der Waals surface area contributed by atoms with E-state index in [1.807, 2.05) is 0 Å². The van der Waals surface area contributed by atoms with E-state index in [1.54, 1.807) is 6.07 Å². The Hall–Kier alpha value is -1.52. The highest BCUT2D eigenvalue weighted by Crippen LogP contribution is 1.87. The molecule has 0 aliphatic heterocycles. The van der Waals surface area contributed by atoms with Crippen molar-refractivity contribution in [3.63, 3.8) is 0 Å². The largest absolute Gasteiger partial charge is 0.200 e. The Morgan fingerprint density at radius 2 is 2.56 bits per heavy atom. The predicted octanol–water partition coefficient (Wildman–Crippen LogP) is -0.681. The van der Waals surface area contributed by atoms with Gasteiger partial charge in [-0.25, -0.2) is 0 Å². The Kier molecular flexibility index (Phi) is 0.717. The first-order valence-corrected chi connectivity index (χ1v) is 2.37. The molecule has 0 N–H and O–H groups in total. The summed E-state index contributed by atoms with van der Waals surface area (Å²) in [4.78, 5) is 0. The van der Waals surface area contributed by atoms with Crippen LogP contribution in [0.5, 0.6) is 0 Å². The van der Waals surface area contributed by atoms with Gasteiger partial charge in [0.15, 0.2) is 0 Å². The van der Waals surface area contributed by atoms with Crippen molar-refractivity contribution >= 4 is 5.65 Å². The van der Waals surface area contributed by atoms with Crippen LogP contribution in [-0.4, -0.2) is 25.3 Å². The second-order valence-corrected chi connectivity index (χ2v) is 1.48. The molecule has 2 rings (SSSR count). The molecule has 0 saturated heterocycles. The van der Waals surface area contributed by atoms with Crippen LogP contribution in [0.1, 0.15) is 0 Å². The van der Waals surface area contributed by atoms with Crippen LogP contribution >= 0.6 is 0 Å². The van der Waals surface area contributed by atoms with Crippen molar-refractivity contribution < 1.29 is 0 Å². The van der Waals surface area contributed by atoms with Gasteiger partial charge in [0.2, 0.25) is 5.65 Å². The van der Waals surface area contributed by atoms with E-state index in [0.29, 0.717) is 5.65 Å². The summed E-state index contributed by atoms with van der Waals surface area (Å²) in [6.07, 6.45) is 1.50. The molecule has 43 valence electrons. The Morgan fingerprint density at radius 1 is 1.56 bits per heavy atom. The van der Waals surface area contributed by atoms with Crippen LogP contribution in [-0.2, 0) is 0 Å². The molecule has 0 aliphatic rings. The summed E-state index contributed by atoms with van der Waals surface area (Å²) in [5.41, 5.74) is 0.609. The average molecular weight is 120 g/mol. The van der Waals surface area contributed by atoms with Gasteiger partial charge in [-0.2, -0.15) is 5.10 Å². The lowest BCUT2D eigenvalue weighted by Crippen LogP contribution is -1.90. The third-order valence-corrected chi connectivity index (χ3v) is 0.931. The van der Waals surface area contributed by atoms with E-state index in [0.717, 1.165) is 0 Å². The predicted molar refractivity (Wildman–Crippen MR) is 27.4 cm³/mol. The summed E-state index contributed by atoms with van der Waals surface area (Å²) in [5, 5.41) is 14.3. The van der Waals surface area contributed by atoms with Gasteiger partial charge in [0.05, 0.1) is 6.20 Å². The molecule has 2 aromatic rings. The molecule has 5 nitrogen and oxygen atoms in total. The van der Waals surface area contributed by atoms with Crippen LogP contribution in [0.25, 0.3) is 5.65 Å². The van der Waals surface area contributed by atoms with E-state index in [4.69, 9.17) is 0 Å². The van der Waals surface area contributed by atoms with Crippen LogP contribution in [0.3, 0.4) is 0 Å². The van der Waals surface area contributed by atoms with Gasteiger partial charge in [0.25, 0.3) is 0 Å². The molecule has 0 spiro atoms. The number of aromatic nitrogens is 5. The van der Waals surface area contributed by atoms with Gasteiger partial charge in [-0.05, 0) is 16.5 Å². The molecule has 9 heavy (non-hydrogen) atoms. The molecule has 0 fully saturated rings. The van der Waals surface area contributed by atoms with Gasteiger partial charge >= 0.3 is 0 Å². The lowest BCUT2D eigenvalue weighted by molar-refractivity contribution is 0.732. The molecule has 0 aliphatic carbocycles. The zero-order valence-corrected chi connectivity index (χ0v) is 4.39. The van der Waals surface area contributed by atoms with Crippen LogP contribution in [0.15, 0.2) is 12.3 Å². The van der Waals surface area contributed by atoms with E-state index in [1.165, 1.54) is 10.8 Å². The monoisotopic (exact) mass is 120 g/mol. The molecule has 2 heterocycles. The van der Waals surface area contributed by atoms with Crippen molar-refractivity contribution in [3.8, 4) is 0 Å². The third kappa shape index (κ3) is 0.543. The quantitative estimate of drug-likeness (QED) is 0.462. The van der Waals surface area contributed by atoms with Crippen molar-refractivity contribution in [2.75, 3.05) is 0 Å². The first-order valence-electron chi connectivity index (χ1n) is 2.37. The molecule has 0 atom stereocenters. The Bertz CT molecular complexity index is 283. The van der Waals surface area contributed by atoms with E-state index in [-0.39, 0.29) is 0 Å². The van der Waals surface area contributed by atoms with Crippen LogP contribution in [0, 0.1) is 6.07 Å². The minimum atomic E-state index is 0.609. The van der Waals surface area contributed by atoms with Crippen molar-refractivity contribution in [3.05, 3.63) is 18.3 Å². The number of fused-ring (bicyclic) bond motifs is 1. The van der Waals surface area contributed by atoms with E-state index in [2.05, 4.69) is 26.7 Å². The normalized spacial score (nSPS) is 10.2. The average Bonchev–Trinajstić information content (AvgIpc) is 2.33. The van der Waals surface area contributed by atoms with E-state index in [9.17, 15) is 0 Å². The van der Waals surface area contributed by atoms with Gasteiger partial charge in [-0.1, -0.05) is 0 Å². The minimum absolute atomic E-state index is 0.609. The maximum absolute atomic E-state index is 3.77. The summed E-state index contributed by atoms with van der Waals surface area (Å²) in [6.45, 7) is 0. The summed E-state index contributed by atoms with van der Waals surface area (Å²) in [5.74, 6) is 0. The zero-order valence-electron chi connectivity index (χ0n) is 4.39. The second-order valence-electron chi connectivity index (χ2n) is 1.48. The molecule has 2 aromatic heterocycles. The third-order valence-electron chi connectivity index (χ3n) is 0.931. The fourth-order valence-corrected chi connectivity index (χ4v) is 0.558. The zero-order chi connectivity index (χ0) is 6.10. The van der Waals surface area contributed by atoms with Gasteiger partial charge in [0.1, 0.15) is 0 Å². The van der Waals surface area contributed by atoms with Crippen molar-refractivity contribution in [2.45, 2.75) is 0 Å². The summed E-state index contributed by atoms with van der Waals surface area (Å²) >= 11 is 0. The van der Waals surface area contributed by atoms with Crippen molar-refractivity contribution in [1.29, 1.82) is 0 Å². The second kappa shape index (κ2) is 1.48. The Balaban J connectivity index is 2.95. The molecule has 1 radical (unpaired) electrons. The van der Waals surface area contributed by atoms with E-state index >= 15 is 0 Å². The van der Waals surface area contributed by atoms with Gasteiger partial charge in [-0.15, -0.1) is 9.73 Å². The number of hydrogen-bond acceptors (Lipinski definition) is 4. The van der Waals surface area contributed by atoms with Crippen LogP contribution in [0.2, 0.25) is 0 Å². The fourth-order valence-electron chi connectivity index (χ4n) is 0.558. The maximum Gasteiger partial charge on any atom is 0.200 e. The lowest BCUT2D eigenvalue weighted by atomic mass is 10.6. The van der Waals surface area contributed by atoms with Crippen LogP contribution < -0.4 is 0 Å². The molecule has 0 unspecified atom stereocenters. The standard InChI is InChI=1S/C4H2N5/c1-2-4-6-7-8-9(4)5-3-1/h2-3H. The maximum atomic E-state index is 3.77. The number of rotatable bonds is 0. The highest BCUT2D eigenvalue weighted by atomic mass is 15.6. The highest BCUT2D eigenvalue weighted by Gasteiger charge is 1.90. The van der Waals surface area contributed by atoms with Gasteiger partial charge in [-0.3, -0.25) is 0 Å². The summed E-state index contributed by atoms with van der Waals surface area (Å²) in [7, 11) is 0. The SMILES string of the molecule is [c]1cnn2nnnc2c1. The Labute approximate surface area is 50.3 Å². The lowest BCUT2D eigenvalue weighted by Gasteiger charge is -1.80. The van der Waals surface area contributed by atoms with Crippen molar-refractivity contribution in [1.82, 2.24) is 25.3 Å². The van der Waals surface area contributed by atoms with E-state index < -0.39 is 0 Å². The topological polar surface area (TPSA) is 56.0 Å². The first kappa shape index (κ1) is 4.37. The van der Waals surface area contributed by atoms with Crippen LogP contribution in [0.4, 0.5) is 0 Å². The number of nitrogens with zero attached hydrogens (tertiary/aromatic N) is 5. The molecule has 0 aromatic carbocycles. The summed E-state index contributed by atoms with van der Waals surface area (Å²) < 4.78 is 1.33. The molecular formula is C4H2N5. The number of hydrogen-bond donors (Lipinski definition) is 0. The fraction of sp³-hybridized carbons (Fsp3) is 0. The highest BCUT2D eigenvalue weighted by molar-refractivity contribution is 5.30. The first-order chi connectivity index (χ1) is 4.47. The molecule has 0 bridgehead atoms. The molecular weight excluding hydrogens is 118 g/mol. The molecule has 0 amide bonds. The van der Waals surface area contributed by atoms with Gasteiger partial charge < -0.3 is 0 Å². The van der Waals surface area contributed by atoms with Crippen molar-refractivity contribution in [2.24, 2.45) is 0 Å². The smallest absolute Gasteiger partial charge is 0.155 e. The molecule has 5 heteroatoms. The summed E-state index contributed by atoms with van der Waals surface area (Å²) in [6, 6.07) is 4.41.